The van der Waals surface area contributed by atoms with Crippen molar-refractivity contribution < 1.29 is 9.90 Å². The second-order valence-corrected chi connectivity index (χ2v) is 4.81. The van der Waals surface area contributed by atoms with Crippen molar-refractivity contribution in [3.63, 3.8) is 0 Å². The summed E-state index contributed by atoms with van der Waals surface area (Å²) in [4.78, 5) is 11.3. The standard InChI is InChI=1S/C17H12N2O2/c18-9-12-4-3-5-13(8-12)10-19-11-15(17(20)21)14-6-1-2-7-16(14)19/h1-8,11H,10H2,(H,20,21). The van der Waals surface area contributed by atoms with Crippen molar-refractivity contribution in [1.82, 2.24) is 4.57 Å². The van der Waals surface area contributed by atoms with Gasteiger partial charge in [-0.15, -0.1) is 0 Å². The van der Waals surface area contributed by atoms with Crippen LogP contribution in [0.1, 0.15) is 21.5 Å². The number of aromatic nitrogens is 1. The van der Waals surface area contributed by atoms with Crippen LogP contribution in [-0.2, 0) is 6.54 Å². The fourth-order valence-electron chi connectivity index (χ4n) is 2.48. The molecule has 0 bridgehead atoms. The Labute approximate surface area is 121 Å². The Kier molecular flexibility index (Phi) is 3.17. The molecule has 0 fully saturated rings. The van der Waals surface area contributed by atoms with Crippen LogP contribution in [0.25, 0.3) is 10.9 Å². The van der Waals surface area contributed by atoms with E-state index in [1.807, 2.05) is 41.0 Å². The van der Waals surface area contributed by atoms with Gasteiger partial charge in [0, 0.05) is 23.6 Å². The second kappa shape index (κ2) is 5.14. The topological polar surface area (TPSA) is 66.0 Å². The number of carboxylic acids is 1. The van der Waals surface area contributed by atoms with E-state index in [2.05, 4.69) is 6.07 Å². The maximum atomic E-state index is 11.3. The maximum absolute atomic E-state index is 11.3. The minimum absolute atomic E-state index is 0.294. The van der Waals surface area contributed by atoms with Crippen molar-refractivity contribution in [2.75, 3.05) is 0 Å². The first-order chi connectivity index (χ1) is 10.2. The molecule has 0 aliphatic rings. The van der Waals surface area contributed by atoms with Crippen LogP contribution in [0.5, 0.6) is 0 Å². The molecule has 0 saturated heterocycles. The zero-order chi connectivity index (χ0) is 14.8. The summed E-state index contributed by atoms with van der Waals surface area (Å²) in [5, 5.41) is 19.0. The summed E-state index contributed by atoms with van der Waals surface area (Å²) in [6.45, 7) is 0.531. The molecule has 102 valence electrons. The molecule has 1 heterocycles. The molecule has 21 heavy (non-hydrogen) atoms. The van der Waals surface area contributed by atoms with Crippen molar-refractivity contribution in [1.29, 1.82) is 5.26 Å². The molecule has 4 heteroatoms. The van der Waals surface area contributed by atoms with Crippen molar-refractivity contribution in [3.05, 3.63) is 71.4 Å². The van der Waals surface area contributed by atoms with Gasteiger partial charge in [-0.2, -0.15) is 5.26 Å². The summed E-state index contributed by atoms with van der Waals surface area (Å²) in [5.41, 5.74) is 2.73. The molecule has 0 atom stereocenters. The molecule has 0 radical (unpaired) electrons. The number of nitriles is 1. The number of hydrogen-bond donors (Lipinski definition) is 1. The lowest BCUT2D eigenvalue weighted by Crippen LogP contribution is -1.99. The molecular formula is C17H12N2O2. The van der Waals surface area contributed by atoms with E-state index in [-0.39, 0.29) is 0 Å². The van der Waals surface area contributed by atoms with E-state index in [1.165, 1.54) is 0 Å². The van der Waals surface area contributed by atoms with E-state index in [4.69, 9.17) is 5.26 Å². The first kappa shape index (κ1) is 12.9. The van der Waals surface area contributed by atoms with Crippen LogP contribution in [0.3, 0.4) is 0 Å². The molecule has 0 unspecified atom stereocenters. The molecule has 3 aromatic rings. The lowest BCUT2D eigenvalue weighted by Gasteiger charge is -2.05. The number of carbonyl (C=O) groups is 1. The first-order valence-corrected chi connectivity index (χ1v) is 6.49. The van der Waals surface area contributed by atoms with E-state index in [9.17, 15) is 9.90 Å². The number of fused-ring (bicyclic) bond motifs is 1. The molecule has 3 rings (SSSR count). The number of hydrogen-bond acceptors (Lipinski definition) is 2. The lowest BCUT2D eigenvalue weighted by molar-refractivity contribution is 0.0699. The van der Waals surface area contributed by atoms with Crippen LogP contribution in [-0.4, -0.2) is 15.6 Å². The zero-order valence-electron chi connectivity index (χ0n) is 11.2. The second-order valence-electron chi connectivity index (χ2n) is 4.81. The van der Waals surface area contributed by atoms with Gasteiger partial charge in [0.25, 0.3) is 0 Å². The largest absolute Gasteiger partial charge is 0.478 e. The normalized spacial score (nSPS) is 10.4. The molecule has 0 amide bonds. The average Bonchev–Trinajstić information content (AvgIpc) is 2.87. The number of benzene rings is 2. The Morgan fingerprint density at radius 3 is 2.76 bits per heavy atom. The molecule has 0 aliphatic carbocycles. The molecule has 4 nitrogen and oxygen atoms in total. The number of rotatable bonds is 3. The zero-order valence-corrected chi connectivity index (χ0v) is 11.2. The maximum Gasteiger partial charge on any atom is 0.337 e. The number of nitrogens with zero attached hydrogens (tertiary/aromatic N) is 2. The predicted octanol–water partition coefficient (Wildman–Crippen LogP) is 3.26. The van der Waals surface area contributed by atoms with Gasteiger partial charge >= 0.3 is 5.97 Å². The van der Waals surface area contributed by atoms with Gasteiger partial charge in [-0.1, -0.05) is 30.3 Å². The van der Waals surface area contributed by atoms with Gasteiger partial charge in [-0.3, -0.25) is 0 Å². The Balaban J connectivity index is 2.08. The van der Waals surface area contributed by atoms with Gasteiger partial charge < -0.3 is 9.67 Å². The third-order valence-electron chi connectivity index (χ3n) is 3.43. The number of aromatic carboxylic acids is 1. The predicted molar refractivity (Wildman–Crippen MR) is 79.2 cm³/mol. The molecule has 2 aromatic carbocycles. The summed E-state index contributed by atoms with van der Waals surface area (Å²) in [7, 11) is 0. The van der Waals surface area contributed by atoms with E-state index < -0.39 is 5.97 Å². The van der Waals surface area contributed by atoms with Crippen molar-refractivity contribution in [3.8, 4) is 6.07 Å². The highest BCUT2D eigenvalue weighted by Gasteiger charge is 2.13. The van der Waals surface area contributed by atoms with Crippen molar-refractivity contribution >= 4 is 16.9 Å². The van der Waals surface area contributed by atoms with Gasteiger partial charge in [0.15, 0.2) is 0 Å². The molecular weight excluding hydrogens is 264 g/mol. The summed E-state index contributed by atoms with van der Waals surface area (Å²) in [6, 6.07) is 16.9. The molecule has 0 spiro atoms. The Morgan fingerprint density at radius 2 is 2.00 bits per heavy atom. The van der Waals surface area contributed by atoms with E-state index in [0.717, 1.165) is 16.5 Å². The molecule has 0 aliphatic heterocycles. The van der Waals surface area contributed by atoms with Crippen LogP contribution in [0.2, 0.25) is 0 Å². The van der Waals surface area contributed by atoms with Crippen molar-refractivity contribution in [2.24, 2.45) is 0 Å². The summed E-state index contributed by atoms with van der Waals surface area (Å²) >= 11 is 0. The van der Waals surface area contributed by atoms with E-state index in [1.54, 1.807) is 18.3 Å². The molecule has 0 saturated carbocycles. The van der Waals surface area contributed by atoms with Crippen LogP contribution < -0.4 is 0 Å². The van der Waals surface area contributed by atoms with Crippen LogP contribution in [0.15, 0.2) is 54.7 Å². The third kappa shape index (κ3) is 2.37. The number of carboxylic acid groups (broad SMARTS) is 1. The Hall–Kier alpha value is -3.06. The summed E-state index contributed by atoms with van der Waals surface area (Å²) < 4.78 is 1.90. The summed E-state index contributed by atoms with van der Waals surface area (Å²) in [5.74, 6) is -0.935. The van der Waals surface area contributed by atoms with Gasteiger partial charge in [0.2, 0.25) is 0 Å². The highest BCUT2D eigenvalue weighted by molar-refractivity contribution is 6.03. The highest BCUT2D eigenvalue weighted by Crippen LogP contribution is 2.22. The minimum atomic E-state index is -0.935. The smallest absolute Gasteiger partial charge is 0.337 e. The average molecular weight is 276 g/mol. The monoisotopic (exact) mass is 276 g/mol. The van der Waals surface area contributed by atoms with E-state index in [0.29, 0.717) is 17.7 Å². The first-order valence-electron chi connectivity index (χ1n) is 6.49. The highest BCUT2D eigenvalue weighted by atomic mass is 16.4. The van der Waals surface area contributed by atoms with Crippen molar-refractivity contribution in [2.45, 2.75) is 6.54 Å². The third-order valence-corrected chi connectivity index (χ3v) is 3.43. The van der Waals surface area contributed by atoms with Gasteiger partial charge in [0.1, 0.15) is 0 Å². The summed E-state index contributed by atoms with van der Waals surface area (Å²) in [6.07, 6.45) is 1.64. The molecule has 1 aromatic heterocycles. The van der Waals surface area contributed by atoms with E-state index >= 15 is 0 Å². The van der Waals surface area contributed by atoms with Crippen LogP contribution >= 0.6 is 0 Å². The van der Waals surface area contributed by atoms with Gasteiger partial charge in [0.05, 0.1) is 17.2 Å². The van der Waals surface area contributed by atoms with Crippen LogP contribution in [0, 0.1) is 11.3 Å². The minimum Gasteiger partial charge on any atom is -0.478 e. The Bertz CT molecular complexity index is 872. The Morgan fingerprint density at radius 1 is 1.19 bits per heavy atom. The number of para-hydroxylation sites is 1. The lowest BCUT2D eigenvalue weighted by atomic mass is 10.1. The van der Waals surface area contributed by atoms with Crippen LogP contribution in [0.4, 0.5) is 0 Å². The SMILES string of the molecule is N#Cc1cccc(Cn2cc(C(=O)O)c3ccccc32)c1. The van der Waals surface area contributed by atoms with Gasteiger partial charge in [-0.25, -0.2) is 4.79 Å². The van der Waals surface area contributed by atoms with Gasteiger partial charge in [-0.05, 0) is 23.8 Å². The fraction of sp³-hybridized carbons (Fsp3) is 0.0588. The fourth-order valence-corrected chi connectivity index (χ4v) is 2.48. The molecule has 1 N–H and O–H groups in total. The quantitative estimate of drug-likeness (QED) is 0.798.